The number of benzene rings is 1. The number of alkyl halides is 3. The second-order valence-corrected chi connectivity index (χ2v) is 11.2. The standard InChI is InChI=1S/C26H33F3N4O2/c1-24(2,3)23(35)32-12-8-25(9-13-32)17-33(16-21(25)22(34)31-10-4-5-11-31)19-7-6-18(15-30)20(14-19)26(27,28)29/h6-7,14,21H,4-5,8-13,16-17H2,1-3H3. The molecule has 3 aliphatic heterocycles. The molecule has 1 aromatic carbocycles. The number of nitrogens with zero attached hydrogens (tertiary/aromatic N) is 4. The van der Waals surface area contributed by atoms with Gasteiger partial charge in [0.15, 0.2) is 0 Å². The molecule has 3 fully saturated rings. The number of likely N-dealkylation sites (tertiary alicyclic amines) is 2. The quantitative estimate of drug-likeness (QED) is 0.620. The van der Waals surface area contributed by atoms with Crippen molar-refractivity contribution in [3.63, 3.8) is 0 Å². The van der Waals surface area contributed by atoms with Gasteiger partial charge in [-0.1, -0.05) is 20.8 Å². The van der Waals surface area contributed by atoms with Gasteiger partial charge < -0.3 is 14.7 Å². The normalized spacial score (nSPS) is 22.5. The first-order chi connectivity index (χ1) is 16.4. The van der Waals surface area contributed by atoms with Crippen molar-refractivity contribution < 1.29 is 22.8 Å². The van der Waals surface area contributed by atoms with Crippen LogP contribution < -0.4 is 4.90 Å². The molecule has 9 heteroatoms. The number of hydrogen-bond donors (Lipinski definition) is 0. The summed E-state index contributed by atoms with van der Waals surface area (Å²) in [5.41, 5.74) is -1.88. The largest absolute Gasteiger partial charge is 0.417 e. The summed E-state index contributed by atoms with van der Waals surface area (Å²) < 4.78 is 40.8. The molecular formula is C26H33F3N4O2. The zero-order valence-corrected chi connectivity index (χ0v) is 20.6. The summed E-state index contributed by atoms with van der Waals surface area (Å²) in [5.74, 6) is -0.186. The van der Waals surface area contributed by atoms with E-state index in [-0.39, 0.29) is 17.7 Å². The van der Waals surface area contributed by atoms with Crippen molar-refractivity contribution in [2.75, 3.05) is 44.2 Å². The van der Waals surface area contributed by atoms with Gasteiger partial charge >= 0.3 is 6.18 Å². The van der Waals surface area contributed by atoms with E-state index in [2.05, 4.69) is 0 Å². The number of hydrogen-bond acceptors (Lipinski definition) is 4. The van der Waals surface area contributed by atoms with Crippen LogP contribution in [0.3, 0.4) is 0 Å². The maximum atomic E-state index is 13.6. The van der Waals surface area contributed by atoms with Gasteiger partial charge in [-0.15, -0.1) is 0 Å². The van der Waals surface area contributed by atoms with Crippen LogP contribution in [0.1, 0.15) is 57.6 Å². The molecule has 1 aromatic rings. The SMILES string of the molecule is CC(C)(C)C(=O)N1CCC2(CC1)CN(c1ccc(C#N)c(C(F)(F)F)c1)CC2C(=O)N1CCCC1. The molecule has 3 saturated heterocycles. The van der Waals surface area contributed by atoms with E-state index in [9.17, 15) is 22.8 Å². The van der Waals surface area contributed by atoms with Crippen LogP contribution in [-0.4, -0.2) is 60.9 Å². The Kier molecular flexibility index (Phi) is 6.54. The average Bonchev–Trinajstić information content (AvgIpc) is 3.46. The summed E-state index contributed by atoms with van der Waals surface area (Å²) in [5, 5.41) is 9.15. The van der Waals surface area contributed by atoms with E-state index < -0.39 is 28.1 Å². The van der Waals surface area contributed by atoms with Crippen LogP contribution >= 0.6 is 0 Å². The van der Waals surface area contributed by atoms with E-state index in [1.807, 2.05) is 35.5 Å². The van der Waals surface area contributed by atoms with Crippen LogP contribution in [0.4, 0.5) is 18.9 Å². The molecule has 1 atom stereocenters. The number of halogens is 3. The molecule has 35 heavy (non-hydrogen) atoms. The summed E-state index contributed by atoms with van der Waals surface area (Å²) in [6, 6.07) is 5.42. The summed E-state index contributed by atoms with van der Waals surface area (Å²) >= 11 is 0. The van der Waals surface area contributed by atoms with Gasteiger partial charge in [0, 0.05) is 55.8 Å². The summed E-state index contributed by atoms with van der Waals surface area (Å²) in [4.78, 5) is 32.0. The monoisotopic (exact) mass is 490 g/mol. The minimum Gasteiger partial charge on any atom is -0.370 e. The predicted octanol–water partition coefficient (Wildman–Crippen LogP) is 4.29. The Morgan fingerprint density at radius 3 is 2.20 bits per heavy atom. The van der Waals surface area contributed by atoms with Gasteiger partial charge in [0.05, 0.1) is 23.1 Å². The fourth-order valence-corrected chi connectivity index (χ4v) is 5.86. The van der Waals surface area contributed by atoms with Crippen molar-refractivity contribution >= 4 is 17.5 Å². The molecule has 0 aliphatic carbocycles. The van der Waals surface area contributed by atoms with Crippen LogP contribution in [-0.2, 0) is 15.8 Å². The third kappa shape index (κ3) is 4.85. The zero-order chi connectivity index (χ0) is 25.6. The van der Waals surface area contributed by atoms with Crippen molar-refractivity contribution in [2.45, 2.75) is 52.6 Å². The van der Waals surface area contributed by atoms with Crippen LogP contribution in [0.15, 0.2) is 18.2 Å². The van der Waals surface area contributed by atoms with Crippen LogP contribution in [0.5, 0.6) is 0 Å². The van der Waals surface area contributed by atoms with Gasteiger partial charge in [-0.3, -0.25) is 9.59 Å². The molecule has 4 rings (SSSR count). The molecule has 2 amide bonds. The van der Waals surface area contributed by atoms with E-state index in [0.717, 1.165) is 32.0 Å². The lowest BCUT2D eigenvalue weighted by molar-refractivity contribution is -0.144. The maximum Gasteiger partial charge on any atom is 0.417 e. The molecular weight excluding hydrogens is 457 g/mol. The molecule has 0 bridgehead atoms. The van der Waals surface area contributed by atoms with Gasteiger partial charge in [0.25, 0.3) is 0 Å². The molecule has 3 heterocycles. The highest BCUT2D eigenvalue weighted by molar-refractivity contribution is 5.83. The second-order valence-electron chi connectivity index (χ2n) is 11.2. The highest BCUT2D eigenvalue weighted by Gasteiger charge is 2.53. The number of rotatable bonds is 2. The molecule has 0 aromatic heterocycles. The Morgan fingerprint density at radius 1 is 1.03 bits per heavy atom. The lowest BCUT2D eigenvalue weighted by Gasteiger charge is -2.44. The van der Waals surface area contributed by atoms with E-state index in [4.69, 9.17) is 5.26 Å². The number of anilines is 1. The van der Waals surface area contributed by atoms with Crippen LogP contribution in [0.2, 0.25) is 0 Å². The first-order valence-corrected chi connectivity index (χ1v) is 12.3. The number of carbonyl (C=O) groups is 2. The summed E-state index contributed by atoms with van der Waals surface area (Å²) in [7, 11) is 0. The molecule has 0 saturated carbocycles. The van der Waals surface area contributed by atoms with Crippen molar-refractivity contribution in [3.8, 4) is 6.07 Å². The third-order valence-electron chi connectivity index (χ3n) is 7.85. The highest BCUT2D eigenvalue weighted by atomic mass is 19.4. The molecule has 0 radical (unpaired) electrons. The minimum atomic E-state index is -4.64. The van der Waals surface area contributed by atoms with Crippen molar-refractivity contribution in [3.05, 3.63) is 29.3 Å². The van der Waals surface area contributed by atoms with Gasteiger partial charge in [-0.25, -0.2) is 0 Å². The van der Waals surface area contributed by atoms with E-state index in [1.54, 1.807) is 12.1 Å². The smallest absolute Gasteiger partial charge is 0.370 e. The lowest BCUT2D eigenvalue weighted by Crippen LogP contribution is -2.51. The average molecular weight is 491 g/mol. The molecule has 1 spiro atoms. The van der Waals surface area contributed by atoms with Crippen molar-refractivity contribution in [1.82, 2.24) is 9.80 Å². The van der Waals surface area contributed by atoms with E-state index in [1.165, 1.54) is 6.07 Å². The second kappa shape index (κ2) is 9.03. The van der Waals surface area contributed by atoms with Crippen molar-refractivity contribution in [2.24, 2.45) is 16.7 Å². The number of piperidine rings is 1. The first kappa shape index (κ1) is 25.3. The van der Waals surface area contributed by atoms with Gasteiger partial charge in [-0.2, -0.15) is 18.4 Å². The molecule has 1 unspecified atom stereocenters. The third-order valence-corrected chi connectivity index (χ3v) is 7.85. The summed E-state index contributed by atoms with van der Waals surface area (Å²) in [6.07, 6.45) is -1.43. The Bertz CT molecular complexity index is 1030. The Balaban J connectivity index is 1.63. The topological polar surface area (TPSA) is 67.6 Å². The minimum absolute atomic E-state index is 0.0743. The lowest BCUT2D eigenvalue weighted by atomic mass is 9.70. The molecule has 190 valence electrons. The fourth-order valence-electron chi connectivity index (χ4n) is 5.86. The number of amides is 2. The summed E-state index contributed by atoms with van der Waals surface area (Å²) in [6.45, 7) is 8.97. The predicted molar refractivity (Wildman–Crippen MR) is 125 cm³/mol. The Morgan fingerprint density at radius 2 is 1.66 bits per heavy atom. The van der Waals surface area contributed by atoms with Crippen molar-refractivity contribution in [1.29, 1.82) is 5.26 Å². The number of carbonyl (C=O) groups excluding carboxylic acids is 2. The van der Waals surface area contributed by atoms with Gasteiger partial charge in [0.2, 0.25) is 11.8 Å². The molecule has 6 nitrogen and oxygen atoms in total. The molecule has 0 N–H and O–H groups in total. The highest BCUT2D eigenvalue weighted by Crippen LogP contribution is 2.48. The Hall–Kier alpha value is -2.76. The van der Waals surface area contributed by atoms with Crippen LogP contribution in [0.25, 0.3) is 0 Å². The van der Waals surface area contributed by atoms with E-state index in [0.29, 0.717) is 44.7 Å². The van der Waals surface area contributed by atoms with Gasteiger partial charge in [-0.05, 0) is 43.9 Å². The zero-order valence-electron chi connectivity index (χ0n) is 20.6. The molecule has 3 aliphatic rings. The fraction of sp³-hybridized carbons (Fsp3) is 0.654. The Labute approximate surface area is 204 Å². The maximum absolute atomic E-state index is 13.6. The van der Waals surface area contributed by atoms with Gasteiger partial charge in [0.1, 0.15) is 0 Å². The first-order valence-electron chi connectivity index (χ1n) is 12.3. The van der Waals surface area contributed by atoms with Crippen LogP contribution in [0, 0.1) is 28.1 Å². The number of nitriles is 1. The van der Waals surface area contributed by atoms with E-state index >= 15 is 0 Å².